The molecule has 112 valence electrons. The molecule has 0 aliphatic carbocycles. The van der Waals surface area contributed by atoms with Crippen LogP contribution in [0.2, 0.25) is 5.02 Å². The minimum Gasteiger partial charge on any atom is -0.378 e. The largest absolute Gasteiger partial charge is 0.378 e. The highest BCUT2D eigenvalue weighted by Crippen LogP contribution is 2.24. The molecule has 0 saturated carbocycles. The van der Waals surface area contributed by atoms with Crippen LogP contribution in [0.15, 0.2) is 42.5 Å². The van der Waals surface area contributed by atoms with Crippen LogP contribution in [0.3, 0.4) is 0 Å². The number of aryl methyl sites for hydroxylation is 1. The lowest BCUT2D eigenvalue weighted by molar-refractivity contribution is 0.520. The molecule has 1 unspecified atom stereocenters. The van der Waals surface area contributed by atoms with Crippen molar-refractivity contribution in [2.45, 2.75) is 25.8 Å². The van der Waals surface area contributed by atoms with E-state index in [1.165, 1.54) is 12.1 Å². The fourth-order valence-electron chi connectivity index (χ4n) is 2.24. The number of nitrogens with one attached hydrogen (secondary N) is 1. The Morgan fingerprint density at radius 2 is 1.86 bits per heavy atom. The molecule has 0 aliphatic rings. The zero-order chi connectivity index (χ0) is 15.5. The van der Waals surface area contributed by atoms with E-state index in [0.717, 1.165) is 21.8 Å². The Morgan fingerprint density at radius 1 is 1.19 bits per heavy atom. The molecule has 0 saturated heterocycles. The highest BCUT2D eigenvalue weighted by Gasteiger charge is 2.23. The van der Waals surface area contributed by atoms with Crippen LogP contribution in [0.4, 0.5) is 10.1 Å². The maximum atomic E-state index is 13.0. The minimum absolute atomic E-state index is 0.230. The van der Waals surface area contributed by atoms with Gasteiger partial charge >= 0.3 is 0 Å². The van der Waals surface area contributed by atoms with E-state index >= 15 is 0 Å². The molecule has 4 heteroatoms. The topological polar surface area (TPSA) is 38.0 Å². The Hall–Kier alpha value is -1.58. The molecular weight excluding hydrogens is 287 g/mol. The molecule has 0 aromatic heterocycles. The van der Waals surface area contributed by atoms with E-state index < -0.39 is 0 Å². The zero-order valence-corrected chi connectivity index (χ0v) is 13.0. The number of hydrogen-bond acceptors (Lipinski definition) is 2. The van der Waals surface area contributed by atoms with Crippen LogP contribution in [0.25, 0.3) is 0 Å². The second-order valence-corrected chi connectivity index (χ2v) is 6.06. The molecule has 2 aromatic rings. The standard InChI is InChI=1S/C17H20ClFN2/c1-12-3-8-15(9-16(12)18)21-17(2,11-20)10-13-4-6-14(19)7-5-13/h3-9,21H,10-11,20H2,1-2H3. The molecule has 0 aliphatic heterocycles. The van der Waals surface area contributed by atoms with Crippen LogP contribution in [0, 0.1) is 12.7 Å². The normalized spacial score (nSPS) is 13.8. The molecule has 0 radical (unpaired) electrons. The van der Waals surface area contributed by atoms with Crippen LogP contribution >= 0.6 is 11.6 Å². The maximum absolute atomic E-state index is 13.0. The van der Waals surface area contributed by atoms with Gasteiger partial charge in [-0.2, -0.15) is 0 Å². The molecular formula is C17H20ClFN2. The third-order valence-electron chi connectivity index (χ3n) is 3.58. The Balaban J connectivity index is 2.16. The first kappa shape index (κ1) is 15.8. The summed E-state index contributed by atoms with van der Waals surface area (Å²) in [4.78, 5) is 0. The molecule has 0 spiro atoms. The van der Waals surface area contributed by atoms with E-state index in [-0.39, 0.29) is 11.4 Å². The highest BCUT2D eigenvalue weighted by atomic mass is 35.5. The van der Waals surface area contributed by atoms with Crippen LogP contribution in [-0.2, 0) is 6.42 Å². The summed E-state index contributed by atoms with van der Waals surface area (Å²) in [6.07, 6.45) is 0.704. The summed E-state index contributed by atoms with van der Waals surface area (Å²) < 4.78 is 13.0. The number of anilines is 1. The Kier molecular flexibility index (Phi) is 4.86. The van der Waals surface area contributed by atoms with Gasteiger partial charge in [0.05, 0.1) is 5.54 Å². The first-order valence-electron chi connectivity index (χ1n) is 6.91. The van der Waals surface area contributed by atoms with Gasteiger partial charge in [0.25, 0.3) is 0 Å². The molecule has 2 nitrogen and oxygen atoms in total. The third kappa shape index (κ3) is 4.19. The zero-order valence-electron chi connectivity index (χ0n) is 12.3. The van der Waals surface area contributed by atoms with Crippen molar-refractivity contribution in [1.82, 2.24) is 0 Å². The van der Waals surface area contributed by atoms with Gasteiger partial charge in [0.1, 0.15) is 5.82 Å². The third-order valence-corrected chi connectivity index (χ3v) is 3.98. The van der Waals surface area contributed by atoms with E-state index in [9.17, 15) is 4.39 Å². The summed E-state index contributed by atoms with van der Waals surface area (Å²) >= 11 is 6.15. The Morgan fingerprint density at radius 3 is 2.43 bits per heavy atom. The first-order valence-corrected chi connectivity index (χ1v) is 7.28. The van der Waals surface area contributed by atoms with Crippen molar-refractivity contribution in [2.24, 2.45) is 5.73 Å². The van der Waals surface area contributed by atoms with E-state index in [1.54, 1.807) is 12.1 Å². The molecule has 3 N–H and O–H groups in total. The van der Waals surface area contributed by atoms with Gasteiger partial charge in [0.15, 0.2) is 0 Å². The van der Waals surface area contributed by atoms with Gasteiger partial charge in [-0.05, 0) is 55.7 Å². The summed E-state index contributed by atoms with van der Waals surface area (Å²) in [6.45, 7) is 4.47. The lowest BCUT2D eigenvalue weighted by Gasteiger charge is -2.31. The fourth-order valence-corrected chi connectivity index (χ4v) is 2.42. The summed E-state index contributed by atoms with van der Waals surface area (Å²) in [7, 11) is 0. The predicted octanol–water partition coefficient (Wildman–Crippen LogP) is 4.16. The molecule has 1 atom stereocenters. The Labute approximate surface area is 130 Å². The van der Waals surface area contributed by atoms with Gasteiger partial charge in [-0.3, -0.25) is 0 Å². The van der Waals surface area contributed by atoms with Crippen LogP contribution in [0.5, 0.6) is 0 Å². The van der Waals surface area contributed by atoms with Crippen molar-refractivity contribution in [3.05, 3.63) is 64.4 Å². The molecule has 0 amide bonds. The number of benzene rings is 2. The number of halogens is 2. The monoisotopic (exact) mass is 306 g/mol. The van der Waals surface area contributed by atoms with Gasteiger partial charge < -0.3 is 11.1 Å². The van der Waals surface area contributed by atoms with Crippen molar-refractivity contribution in [3.8, 4) is 0 Å². The van der Waals surface area contributed by atoms with Crippen LogP contribution in [0.1, 0.15) is 18.1 Å². The second kappa shape index (κ2) is 6.46. The van der Waals surface area contributed by atoms with Crippen LogP contribution in [-0.4, -0.2) is 12.1 Å². The average molecular weight is 307 g/mol. The fraction of sp³-hybridized carbons (Fsp3) is 0.294. The Bertz CT molecular complexity index is 613. The lowest BCUT2D eigenvalue weighted by Crippen LogP contribution is -2.44. The van der Waals surface area contributed by atoms with Crippen molar-refractivity contribution in [1.29, 1.82) is 0 Å². The maximum Gasteiger partial charge on any atom is 0.123 e. The number of nitrogens with two attached hydrogens (primary N) is 1. The van der Waals surface area contributed by atoms with E-state index in [2.05, 4.69) is 5.32 Å². The predicted molar refractivity (Wildman–Crippen MR) is 87.4 cm³/mol. The van der Waals surface area contributed by atoms with Crippen molar-refractivity contribution < 1.29 is 4.39 Å². The molecule has 0 bridgehead atoms. The van der Waals surface area contributed by atoms with Gasteiger partial charge in [-0.1, -0.05) is 29.8 Å². The quantitative estimate of drug-likeness (QED) is 0.870. The SMILES string of the molecule is Cc1ccc(NC(C)(CN)Cc2ccc(F)cc2)cc1Cl. The number of hydrogen-bond donors (Lipinski definition) is 2. The van der Waals surface area contributed by atoms with Gasteiger partial charge in [-0.15, -0.1) is 0 Å². The smallest absolute Gasteiger partial charge is 0.123 e. The van der Waals surface area contributed by atoms with Gasteiger partial charge in [0, 0.05) is 17.3 Å². The number of rotatable bonds is 5. The van der Waals surface area contributed by atoms with Crippen molar-refractivity contribution in [2.75, 3.05) is 11.9 Å². The minimum atomic E-state index is -0.323. The molecule has 21 heavy (non-hydrogen) atoms. The molecule has 0 fully saturated rings. The molecule has 2 rings (SSSR count). The van der Waals surface area contributed by atoms with Gasteiger partial charge in [-0.25, -0.2) is 4.39 Å². The van der Waals surface area contributed by atoms with Gasteiger partial charge in [0.2, 0.25) is 0 Å². The van der Waals surface area contributed by atoms with E-state index in [4.69, 9.17) is 17.3 Å². The van der Waals surface area contributed by atoms with Crippen LogP contribution < -0.4 is 11.1 Å². The summed E-state index contributed by atoms with van der Waals surface area (Å²) in [5, 5.41) is 4.16. The van der Waals surface area contributed by atoms with Crippen molar-refractivity contribution in [3.63, 3.8) is 0 Å². The summed E-state index contributed by atoms with van der Waals surface area (Å²) in [5.74, 6) is -0.230. The van der Waals surface area contributed by atoms with E-state index in [1.807, 2.05) is 32.0 Å². The van der Waals surface area contributed by atoms with Crippen molar-refractivity contribution >= 4 is 17.3 Å². The first-order chi connectivity index (χ1) is 9.92. The lowest BCUT2D eigenvalue weighted by atomic mass is 9.92. The molecule has 2 aromatic carbocycles. The summed E-state index contributed by atoms with van der Waals surface area (Å²) in [6, 6.07) is 12.4. The second-order valence-electron chi connectivity index (χ2n) is 5.66. The summed E-state index contributed by atoms with van der Waals surface area (Å²) in [5.41, 5.74) is 8.61. The average Bonchev–Trinajstić information content (AvgIpc) is 2.45. The highest BCUT2D eigenvalue weighted by molar-refractivity contribution is 6.31. The van der Waals surface area contributed by atoms with E-state index in [0.29, 0.717) is 13.0 Å². The molecule has 0 heterocycles.